The van der Waals surface area contributed by atoms with Gasteiger partial charge in [-0.3, -0.25) is 4.99 Å². The molecular weight excluding hydrogens is 268 g/mol. The zero-order valence-corrected chi connectivity index (χ0v) is 13.1. The predicted octanol–water partition coefficient (Wildman–Crippen LogP) is 0.720. The Kier molecular flexibility index (Phi) is 6.81. The first-order chi connectivity index (χ1) is 9.99. The Morgan fingerprint density at radius 2 is 2.00 bits per heavy atom. The van der Waals surface area contributed by atoms with Crippen molar-refractivity contribution in [2.75, 3.05) is 0 Å². The average molecular weight is 296 g/mol. The molecule has 21 heavy (non-hydrogen) atoms. The molecule has 0 bridgehead atoms. The molecule has 0 radical (unpaired) electrons. The topological polar surface area (TPSA) is 114 Å². The molecule has 1 rings (SSSR count). The van der Waals surface area contributed by atoms with Crippen LogP contribution in [-0.4, -0.2) is 41.8 Å². The van der Waals surface area contributed by atoms with Crippen molar-refractivity contribution < 1.29 is 9.90 Å². The minimum Gasteiger partial charge on any atom is -0.392 e. The van der Waals surface area contributed by atoms with E-state index in [1.54, 1.807) is 6.21 Å². The number of nitrogens with two attached hydrogens (primary N) is 2. The summed E-state index contributed by atoms with van der Waals surface area (Å²) in [5.74, 6) is -0.314. The minimum atomic E-state index is -0.745. The van der Waals surface area contributed by atoms with Crippen LogP contribution in [0.2, 0.25) is 0 Å². The van der Waals surface area contributed by atoms with E-state index < -0.39 is 12.0 Å². The highest BCUT2D eigenvalue weighted by Gasteiger charge is 2.47. The summed E-state index contributed by atoms with van der Waals surface area (Å²) in [6, 6.07) is -0.326. The summed E-state index contributed by atoms with van der Waals surface area (Å²) in [4.78, 5) is 20.0. The Morgan fingerprint density at radius 1 is 1.38 bits per heavy atom. The summed E-state index contributed by atoms with van der Waals surface area (Å²) in [5, 5.41) is 10.5. The van der Waals surface area contributed by atoms with Crippen molar-refractivity contribution in [3.8, 4) is 0 Å². The van der Waals surface area contributed by atoms with E-state index in [0.717, 1.165) is 19.1 Å². The summed E-state index contributed by atoms with van der Waals surface area (Å²) in [5.41, 5.74) is 11.0. The lowest BCUT2D eigenvalue weighted by atomic mass is 9.81. The minimum absolute atomic E-state index is 0.00692. The van der Waals surface area contributed by atoms with E-state index in [2.05, 4.69) is 23.8 Å². The summed E-state index contributed by atoms with van der Waals surface area (Å²) in [7, 11) is 0. The second-order valence-electron chi connectivity index (χ2n) is 5.70. The summed E-state index contributed by atoms with van der Waals surface area (Å²) >= 11 is 0. The van der Waals surface area contributed by atoms with Crippen molar-refractivity contribution in [2.45, 2.75) is 58.2 Å². The highest BCUT2D eigenvalue weighted by atomic mass is 16.3. The molecule has 0 aromatic rings. The van der Waals surface area contributed by atoms with E-state index in [-0.39, 0.29) is 24.0 Å². The summed E-state index contributed by atoms with van der Waals surface area (Å²) < 4.78 is 0. The maximum absolute atomic E-state index is 11.2. The highest BCUT2D eigenvalue weighted by molar-refractivity contribution is 5.76. The van der Waals surface area contributed by atoms with Crippen molar-refractivity contribution in [1.29, 1.82) is 0 Å². The van der Waals surface area contributed by atoms with E-state index >= 15 is 0 Å². The van der Waals surface area contributed by atoms with Crippen molar-refractivity contribution in [3.63, 3.8) is 0 Å². The Labute approximate surface area is 126 Å². The SMILES string of the molecule is CC=NC(C(CC)CC)[C@@H]1[C@H](O)[C@@H](C=O)C[C@H]1N=C(N)N. The van der Waals surface area contributed by atoms with E-state index in [1.807, 2.05) is 6.92 Å². The van der Waals surface area contributed by atoms with Crippen LogP contribution in [-0.2, 0) is 4.79 Å². The molecule has 0 aliphatic heterocycles. The summed E-state index contributed by atoms with van der Waals surface area (Å²) in [6.07, 6.45) is 4.22. The van der Waals surface area contributed by atoms with E-state index in [4.69, 9.17) is 11.5 Å². The molecule has 1 fully saturated rings. The second-order valence-corrected chi connectivity index (χ2v) is 5.70. The van der Waals surface area contributed by atoms with Crippen molar-refractivity contribution in [1.82, 2.24) is 0 Å². The molecule has 1 aliphatic carbocycles. The van der Waals surface area contributed by atoms with Gasteiger partial charge >= 0.3 is 0 Å². The molecule has 1 saturated carbocycles. The average Bonchev–Trinajstić information content (AvgIpc) is 2.74. The fourth-order valence-corrected chi connectivity index (χ4v) is 3.46. The maximum Gasteiger partial charge on any atom is 0.186 e. The van der Waals surface area contributed by atoms with Gasteiger partial charge in [-0.25, -0.2) is 4.99 Å². The molecular formula is C15H28N4O2. The first kappa shape index (κ1) is 17.6. The van der Waals surface area contributed by atoms with Gasteiger partial charge in [0.15, 0.2) is 5.96 Å². The number of hydrogen-bond donors (Lipinski definition) is 3. The molecule has 0 spiro atoms. The number of hydrogen-bond acceptors (Lipinski definition) is 4. The number of nitrogens with zero attached hydrogens (tertiary/aromatic N) is 2. The quantitative estimate of drug-likeness (QED) is 0.365. The van der Waals surface area contributed by atoms with Crippen LogP contribution in [0.25, 0.3) is 0 Å². The molecule has 6 heteroatoms. The molecule has 0 aromatic heterocycles. The molecule has 5 N–H and O–H groups in total. The number of aliphatic hydroxyl groups excluding tert-OH is 1. The zero-order valence-electron chi connectivity index (χ0n) is 13.1. The Balaban J connectivity index is 3.15. The number of aldehydes is 1. The number of carbonyl (C=O) groups is 1. The first-order valence-electron chi connectivity index (χ1n) is 7.69. The lowest BCUT2D eigenvalue weighted by Crippen LogP contribution is -2.40. The molecule has 120 valence electrons. The van der Waals surface area contributed by atoms with Gasteiger partial charge in [-0.05, 0) is 25.5 Å². The predicted molar refractivity (Wildman–Crippen MR) is 85.3 cm³/mol. The van der Waals surface area contributed by atoms with Crippen molar-refractivity contribution in [3.05, 3.63) is 0 Å². The zero-order chi connectivity index (χ0) is 16.0. The van der Waals surface area contributed by atoms with Gasteiger partial charge in [-0.1, -0.05) is 26.7 Å². The number of rotatable bonds is 7. The van der Waals surface area contributed by atoms with Gasteiger partial charge in [-0.2, -0.15) is 0 Å². The van der Waals surface area contributed by atoms with E-state index in [9.17, 15) is 9.90 Å². The van der Waals surface area contributed by atoms with Crippen LogP contribution in [0.5, 0.6) is 0 Å². The second kappa shape index (κ2) is 8.12. The fourth-order valence-electron chi connectivity index (χ4n) is 3.46. The van der Waals surface area contributed by atoms with Crippen LogP contribution in [0.3, 0.4) is 0 Å². The van der Waals surface area contributed by atoms with Gasteiger partial charge in [0.1, 0.15) is 6.29 Å². The van der Waals surface area contributed by atoms with Crippen molar-refractivity contribution >= 4 is 18.5 Å². The highest BCUT2D eigenvalue weighted by Crippen LogP contribution is 2.39. The Morgan fingerprint density at radius 3 is 2.43 bits per heavy atom. The number of aliphatic hydroxyl groups is 1. The normalized spacial score (nSPS) is 30.7. The molecule has 5 atom stereocenters. The molecule has 0 amide bonds. The standard InChI is InChI=1S/C15H28N4O2/c1-4-9(5-2)13(18-6-3)12-11(19-15(16)17)7-10(8-20)14(12)21/h6,8-14,21H,4-5,7H2,1-3H3,(H4,16,17,19)/t10-,11-,12-,13?,14-/m1/s1. The van der Waals surface area contributed by atoms with Gasteiger partial charge in [-0.15, -0.1) is 0 Å². The third kappa shape index (κ3) is 4.03. The molecule has 6 nitrogen and oxygen atoms in total. The lowest BCUT2D eigenvalue weighted by molar-refractivity contribution is -0.113. The number of aliphatic imine (C=N–C) groups is 2. The van der Waals surface area contributed by atoms with E-state index in [1.165, 1.54) is 0 Å². The van der Waals surface area contributed by atoms with Crippen LogP contribution in [0.15, 0.2) is 9.98 Å². The monoisotopic (exact) mass is 296 g/mol. The van der Waals surface area contributed by atoms with Gasteiger partial charge in [0.25, 0.3) is 0 Å². The Hall–Kier alpha value is -1.43. The van der Waals surface area contributed by atoms with Gasteiger partial charge in [0.2, 0.25) is 0 Å². The smallest absolute Gasteiger partial charge is 0.186 e. The first-order valence-corrected chi connectivity index (χ1v) is 7.69. The Bertz CT molecular complexity index is 389. The third-order valence-electron chi connectivity index (χ3n) is 4.53. The van der Waals surface area contributed by atoms with Gasteiger partial charge in [0, 0.05) is 11.8 Å². The van der Waals surface area contributed by atoms with Crippen LogP contribution >= 0.6 is 0 Å². The summed E-state index contributed by atoms with van der Waals surface area (Å²) in [6.45, 7) is 6.09. The lowest BCUT2D eigenvalue weighted by Gasteiger charge is -2.32. The largest absolute Gasteiger partial charge is 0.392 e. The van der Waals surface area contributed by atoms with E-state index in [0.29, 0.717) is 12.3 Å². The van der Waals surface area contributed by atoms with Gasteiger partial charge < -0.3 is 21.4 Å². The molecule has 0 aromatic carbocycles. The molecule has 1 unspecified atom stereocenters. The van der Waals surface area contributed by atoms with Gasteiger partial charge in [0.05, 0.1) is 18.2 Å². The third-order valence-corrected chi connectivity index (χ3v) is 4.53. The molecule has 1 aliphatic rings. The molecule has 0 saturated heterocycles. The van der Waals surface area contributed by atoms with Crippen LogP contribution in [0.1, 0.15) is 40.0 Å². The number of guanidine groups is 1. The molecule has 0 heterocycles. The van der Waals surface area contributed by atoms with Crippen molar-refractivity contribution in [2.24, 2.45) is 39.2 Å². The fraction of sp³-hybridized carbons (Fsp3) is 0.800. The van der Waals surface area contributed by atoms with Crippen LogP contribution in [0.4, 0.5) is 0 Å². The van der Waals surface area contributed by atoms with Crippen LogP contribution in [0, 0.1) is 17.8 Å². The maximum atomic E-state index is 11.2. The number of carbonyl (C=O) groups excluding carboxylic acids is 1. The van der Waals surface area contributed by atoms with Crippen LogP contribution < -0.4 is 11.5 Å².